The molecular formula is C24H26ClFN4O3. The van der Waals surface area contributed by atoms with E-state index >= 15 is 0 Å². The topological polar surface area (TPSA) is 73.9 Å². The number of hydrogen-bond donors (Lipinski definition) is 2. The lowest BCUT2D eigenvalue weighted by Gasteiger charge is -2.38. The molecule has 2 aliphatic heterocycles. The summed E-state index contributed by atoms with van der Waals surface area (Å²) in [5.41, 5.74) is 2.36. The molecule has 0 bridgehead atoms. The van der Waals surface area contributed by atoms with Gasteiger partial charge in [-0.15, -0.1) is 0 Å². The van der Waals surface area contributed by atoms with Gasteiger partial charge in [0.15, 0.2) is 0 Å². The average molecular weight is 473 g/mol. The first kappa shape index (κ1) is 23.1. The molecule has 0 radical (unpaired) electrons. The van der Waals surface area contributed by atoms with E-state index in [1.54, 1.807) is 19.1 Å². The zero-order chi connectivity index (χ0) is 23.4. The monoisotopic (exact) mass is 472 g/mol. The molecular weight excluding hydrogens is 447 g/mol. The summed E-state index contributed by atoms with van der Waals surface area (Å²) in [5, 5.41) is 6.22. The second-order valence-corrected chi connectivity index (χ2v) is 8.38. The number of amides is 2. The van der Waals surface area contributed by atoms with Crippen molar-refractivity contribution in [2.24, 2.45) is 0 Å². The maximum Gasteiger partial charge on any atom is 0.338 e. The lowest BCUT2D eigenvalue weighted by molar-refractivity contribution is -0.139. The Labute approximate surface area is 197 Å². The molecule has 2 amide bonds. The minimum absolute atomic E-state index is 0.194. The Kier molecular flexibility index (Phi) is 7.15. The zero-order valence-corrected chi connectivity index (χ0v) is 19.1. The number of carbonyl (C=O) groups is 2. The van der Waals surface area contributed by atoms with Gasteiger partial charge in [-0.05, 0) is 48.9 Å². The van der Waals surface area contributed by atoms with E-state index in [2.05, 4.69) is 20.4 Å². The van der Waals surface area contributed by atoms with Gasteiger partial charge in [-0.25, -0.2) is 14.0 Å². The Hall–Kier alpha value is -3.10. The highest BCUT2D eigenvalue weighted by Gasteiger charge is 2.34. The van der Waals surface area contributed by atoms with Crippen molar-refractivity contribution >= 4 is 29.3 Å². The Morgan fingerprint density at radius 1 is 1.15 bits per heavy atom. The van der Waals surface area contributed by atoms with Crippen LogP contribution >= 0.6 is 11.6 Å². The van der Waals surface area contributed by atoms with Gasteiger partial charge >= 0.3 is 12.0 Å². The summed E-state index contributed by atoms with van der Waals surface area (Å²) in [6.07, 6.45) is 0. The van der Waals surface area contributed by atoms with Crippen LogP contribution in [-0.4, -0.2) is 56.2 Å². The van der Waals surface area contributed by atoms with Crippen molar-refractivity contribution in [3.63, 3.8) is 0 Å². The van der Waals surface area contributed by atoms with E-state index in [0.717, 1.165) is 31.9 Å². The van der Waals surface area contributed by atoms with Crippen LogP contribution < -0.4 is 15.5 Å². The second kappa shape index (κ2) is 10.2. The first-order valence-electron chi connectivity index (χ1n) is 10.9. The van der Waals surface area contributed by atoms with Gasteiger partial charge in [0.25, 0.3) is 0 Å². The molecule has 2 N–H and O–H groups in total. The van der Waals surface area contributed by atoms with Gasteiger partial charge < -0.3 is 20.3 Å². The molecule has 0 unspecified atom stereocenters. The Bertz CT molecular complexity index is 1050. The minimum atomic E-state index is -0.793. The third kappa shape index (κ3) is 5.46. The van der Waals surface area contributed by atoms with Gasteiger partial charge in [-0.2, -0.15) is 0 Å². The third-order valence-electron chi connectivity index (χ3n) is 5.78. The SMILES string of the molecule is CCOC(=O)C1=C(CN2CCN(c3ccc(Cl)cc3)CC2)NC(=O)N[C@H]1c1cccc(F)c1. The smallest absolute Gasteiger partial charge is 0.338 e. The summed E-state index contributed by atoms with van der Waals surface area (Å²) in [6, 6.07) is 12.4. The fraction of sp³-hybridized carbons (Fsp3) is 0.333. The van der Waals surface area contributed by atoms with E-state index in [0.29, 0.717) is 28.4 Å². The molecule has 33 heavy (non-hydrogen) atoms. The quantitative estimate of drug-likeness (QED) is 0.630. The van der Waals surface area contributed by atoms with Gasteiger partial charge in [0, 0.05) is 49.1 Å². The highest BCUT2D eigenvalue weighted by molar-refractivity contribution is 6.30. The number of anilines is 1. The number of esters is 1. The van der Waals surface area contributed by atoms with E-state index in [9.17, 15) is 14.0 Å². The summed E-state index contributed by atoms with van der Waals surface area (Å²) >= 11 is 5.99. The van der Waals surface area contributed by atoms with Crippen LogP contribution in [-0.2, 0) is 9.53 Å². The van der Waals surface area contributed by atoms with Crippen LogP contribution in [0.2, 0.25) is 5.02 Å². The van der Waals surface area contributed by atoms with Crippen LogP contribution in [0.25, 0.3) is 0 Å². The van der Waals surface area contributed by atoms with E-state index in [4.69, 9.17) is 16.3 Å². The molecule has 2 aromatic rings. The van der Waals surface area contributed by atoms with Gasteiger partial charge in [0.2, 0.25) is 0 Å². The molecule has 2 aliphatic rings. The normalized spacial score (nSPS) is 19.2. The van der Waals surface area contributed by atoms with Crippen LogP contribution in [0.1, 0.15) is 18.5 Å². The van der Waals surface area contributed by atoms with Crippen LogP contribution in [0, 0.1) is 5.82 Å². The number of halogens is 2. The van der Waals surface area contributed by atoms with Crippen molar-refractivity contribution in [2.45, 2.75) is 13.0 Å². The first-order chi connectivity index (χ1) is 15.9. The number of piperazine rings is 1. The molecule has 4 rings (SSSR count). The molecule has 0 spiro atoms. The Morgan fingerprint density at radius 2 is 1.88 bits per heavy atom. The largest absolute Gasteiger partial charge is 0.463 e. The molecule has 1 fully saturated rings. The highest BCUT2D eigenvalue weighted by Crippen LogP contribution is 2.29. The van der Waals surface area contributed by atoms with Gasteiger partial charge in [-0.3, -0.25) is 4.90 Å². The summed E-state index contributed by atoms with van der Waals surface area (Å²) in [5.74, 6) is -0.975. The number of carbonyl (C=O) groups excluding carboxylic acids is 2. The van der Waals surface area contributed by atoms with E-state index in [-0.39, 0.29) is 6.61 Å². The van der Waals surface area contributed by atoms with Crippen molar-refractivity contribution in [1.82, 2.24) is 15.5 Å². The first-order valence-corrected chi connectivity index (χ1v) is 11.3. The van der Waals surface area contributed by atoms with Gasteiger partial charge in [0.1, 0.15) is 5.82 Å². The summed E-state index contributed by atoms with van der Waals surface area (Å²) in [7, 11) is 0. The molecule has 7 nitrogen and oxygen atoms in total. The highest BCUT2D eigenvalue weighted by atomic mass is 35.5. The number of hydrogen-bond acceptors (Lipinski definition) is 5. The molecule has 0 saturated carbocycles. The third-order valence-corrected chi connectivity index (χ3v) is 6.03. The number of nitrogens with one attached hydrogen (secondary N) is 2. The van der Waals surface area contributed by atoms with Crippen molar-refractivity contribution in [2.75, 3.05) is 44.2 Å². The number of rotatable bonds is 6. The lowest BCUT2D eigenvalue weighted by Crippen LogP contribution is -2.51. The number of ether oxygens (including phenoxy) is 1. The van der Waals surface area contributed by atoms with Gasteiger partial charge in [-0.1, -0.05) is 23.7 Å². The fourth-order valence-electron chi connectivity index (χ4n) is 4.17. The van der Waals surface area contributed by atoms with Crippen LogP contribution in [0.3, 0.4) is 0 Å². The van der Waals surface area contributed by atoms with Crippen molar-refractivity contribution in [3.05, 3.63) is 76.2 Å². The molecule has 0 aliphatic carbocycles. The lowest BCUT2D eigenvalue weighted by atomic mass is 9.94. The number of urea groups is 1. The van der Waals surface area contributed by atoms with Crippen molar-refractivity contribution < 1.29 is 18.7 Å². The summed E-state index contributed by atoms with van der Waals surface area (Å²) in [6.45, 7) is 5.37. The predicted molar refractivity (Wildman–Crippen MR) is 125 cm³/mol. The minimum Gasteiger partial charge on any atom is -0.463 e. The summed E-state index contributed by atoms with van der Waals surface area (Å²) < 4.78 is 19.2. The standard InChI is InChI=1S/C24H26ClFN4O3/c1-2-33-23(31)21-20(27-24(32)28-22(21)16-4-3-5-18(26)14-16)15-29-10-12-30(13-11-29)19-8-6-17(25)7-9-19/h3-9,14,22H,2,10-13,15H2,1H3,(H2,27,28,32)/t22-/m0/s1. The molecule has 1 atom stereocenters. The predicted octanol–water partition coefficient (Wildman–Crippen LogP) is 3.47. The second-order valence-electron chi connectivity index (χ2n) is 7.94. The van der Waals surface area contributed by atoms with Gasteiger partial charge in [0.05, 0.1) is 18.2 Å². The Morgan fingerprint density at radius 3 is 2.55 bits per heavy atom. The van der Waals surface area contributed by atoms with Crippen LogP contribution in [0.15, 0.2) is 59.8 Å². The van der Waals surface area contributed by atoms with Crippen LogP contribution in [0.4, 0.5) is 14.9 Å². The average Bonchev–Trinajstić information content (AvgIpc) is 2.80. The molecule has 2 aromatic carbocycles. The van der Waals surface area contributed by atoms with Crippen molar-refractivity contribution in [1.29, 1.82) is 0 Å². The molecule has 1 saturated heterocycles. The molecule has 2 heterocycles. The maximum absolute atomic E-state index is 13.9. The number of nitrogens with zero attached hydrogens (tertiary/aromatic N) is 2. The van der Waals surface area contributed by atoms with E-state index in [1.807, 2.05) is 24.3 Å². The zero-order valence-electron chi connectivity index (χ0n) is 18.3. The Balaban J connectivity index is 1.55. The van der Waals surface area contributed by atoms with E-state index < -0.39 is 23.9 Å². The van der Waals surface area contributed by atoms with E-state index in [1.165, 1.54) is 12.1 Å². The van der Waals surface area contributed by atoms with Crippen LogP contribution in [0.5, 0.6) is 0 Å². The van der Waals surface area contributed by atoms with Crippen molar-refractivity contribution in [3.8, 4) is 0 Å². The molecule has 0 aromatic heterocycles. The molecule has 174 valence electrons. The number of benzene rings is 2. The summed E-state index contributed by atoms with van der Waals surface area (Å²) in [4.78, 5) is 29.8. The maximum atomic E-state index is 13.9. The fourth-order valence-corrected chi connectivity index (χ4v) is 4.29. The molecule has 9 heteroatoms.